The first kappa shape index (κ1) is 14.0. The molecule has 2 heterocycles. The highest BCUT2D eigenvalue weighted by Gasteiger charge is 2.78. The molecule has 2 bridgehead atoms. The summed E-state index contributed by atoms with van der Waals surface area (Å²) in [6.45, 7) is 6.24. The van der Waals surface area contributed by atoms with Crippen molar-refractivity contribution in [3.8, 4) is 0 Å². The number of ether oxygens (including phenoxy) is 1. The van der Waals surface area contributed by atoms with Crippen LogP contribution in [0.1, 0.15) is 30.9 Å². The molecule has 2 saturated heterocycles. The van der Waals surface area contributed by atoms with Gasteiger partial charge in [0, 0.05) is 5.92 Å². The molecule has 5 rings (SSSR count). The lowest BCUT2D eigenvalue weighted by Crippen LogP contribution is -2.51. The maximum atomic E-state index is 13.4. The molecule has 1 aromatic carbocycles. The number of carbonyl (C=O) groups is 1. The Hall–Kier alpha value is -1.39. The lowest BCUT2D eigenvalue weighted by molar-refractivity contribution is -0.133. The lowest BCUT2D eigenvalue weighted by Gasteiger charge is -2.39. The number of aliphatic hydroxyl groups excluding tert-OH is 1. The van der Waals surface area contributed by atoms with E-state index in [1.54, 1.807) is 0 Å². The fraction of sp³-hybridized carbons (Fsp3) is 0.632. The molecule has 0 radical (unpaired) electrons. The van der Waals surface area contributed by atoms with Gasteiger partial charge in [0.15, 0.2) is 5.72 Å². The molecule has 4 heteroatoms. The van der Waals surface area contributed by atoms with Gasteiger partial charge in [0.1, 0.15) is 0 Å². The third-order valence-electron chi connectivity index (χ3n) is 6.97. The van der Waals surface area contributed by atoms with Crippen molar-refractivity contribution in [2.24, 2.45) is 23.7 Å². The number of hydrogen-bond acceptors (Lipinski definition) is 3. The summed E-state index contributed by atoms with van der Waals surface area (Å²) in [5.74, 6) is 0.785. The van der Waals surface area contributed by atoms with Gasteiger partial charge in [-0.25, -0.2) is 0 Å². The van der Waals surface area contributed by atoms with Crippen LogP contribution in [0.3, 0.4) is 0 Å². The van der Waals surface area contributed by atoms with Crippen molar-refractivity contribution in [2.45, 2.75) is 51.5 Å². The number of amides is 1. The Labute approximate surface area is 136 Å². The summed E-state index contributed by atoms with van der Waals surface area (Å²) in [7, 11) is 0. The van der Waals surface area contributed by atoms with E-state index in [0.29, 0.717) is 5.92 Å². The van der Waals surface area contributed by atoms with E-state index in [2.05, 4.69) is 32.9 Å². The van der Waals surface area contributed by atoms with Gasteiger partial charge in [-0.3, -0.25) is 9.69 Å². The molecule has 4 fully saturated rings. The van der Waals surface area contributed by atoms with E-state index in [9.17, 15) is 9.90 Å². The number of aliphatic hydroxyl groups is 1. The second-order valence-electron chi connectivity index (χ2n) is 7.80. The van der Waals surface area contributed by atoms with Gasteiger partial charge in [0.05, 0.1) is 23.8 Å². The highest BCUT2D eigenvalue weighted by atomic mass is 16.6. The number of hydrogen-bond donors (Lipinski definition) is 1. The van der Waals surface area contributed by atoms with Gasteiger partial charge in [0.25, 0.3) is 0 Å². The molecular weight excluding hydrogens is 290 g/mol. The van der Waals surface area contributed by atoms with Gasteiger partial charge in [-0.2, -0.15) is 0 Å². The van der Waals surface area contributed by atoms with Gasteiger partial charge < -0.3 is 9.84 Å². The Balaban J connectivity index is 1.72. The molecule has 2 aliphatic heterocycles. The van der Waals surface area contributed by atoms with E-state index in [4.69, 9.17) is 4.74 Å². The predicted octanol–water partition coefficient (Wildman–Crippen LogP) is 2.40. The average Bonchev–Trinajstić information content (AvgIpc) is 3.17. The van der Waals surface area contributed by atoms with Gasteiger partial charge in [-0.15, -0.1) is 0 Å². The zero-order chi connectivity index (χ0) is 16.1. The molecule has 0 spiro atoms. The average molecular weight is 313 g/mol. The van der Waals surface area contributed by atoms with Crippen molar-refractivity contribution in [3.05, 3.63) is 29.3 Å². The predicted molar refractivity (Wildman–Crippen MR) is 85.9 cm³/mol. The third-order valence-corrected chi connectivity index (χ3v) is 6.97. The smallest absolute Gasteiger partial charge is 0.233 e. The number of benzene rings is 1. The molecule has 2 aliphatic carbocycles. The summed E-state index contributed by atoms with van der Waals surface area (Å²) in [5.41, 5.74) is 2.70. The van der Waals surface area contributed by atoms with Crippen molar-refractivity contribution in [2.75, 3.05) is 4.90 Å². The van der Waals surface area contributed by atoms with E-state index in [0.717, 1.165) is 29.7 Å². The van der Waals surface area contributed by atoms with Gasteiger partial charge in [-0.05, 0) is 49.7 Å². The Morgan fingerprint density at radius 2 is 2.00 bits per heavy atom. The summed E-state index contributed by atoms with van der Waals surface area (Å²) in [6.07, 6.45) is 1.19. The van der Waals surface area contributed by atoms with Crippen LogP contribution in [0.25, 0.3) is 0 Å². The monoisotopic (exact) mass is 313 g/mol. The van der Waals surface area contributed by atoms with Crippen molar-refractivity contribution in [3.63, 3.8) is 0 Å². The first-order valence-corrected chi connectivity index (χ1v) is 8.77. The summed E-state index contributed by atoms with van der Waals surface area (Å²) in [5, 5.41) is 10.5. The molecule has 1 amide bonds. The minimum atomic E-state index is -0.555. The number of aryl methyl sites for hydroxylation is 2. The SMILES string of the molecule is CCC12OC3C(O)C4CC3C1C4C(=O)N2c1c(C)cccc1C. The summed E-state index contributed by atoms with van der Waals surface area (Å²) < 4.78 is 6.48. The summed E-state index contributed by atoms with van der Waals surface area (Å²) in [4.78, 5) is 15.3. The normalized spacial score (nSPS) is 46.3. The Bertz CT molecular complexity index is 696. The van der Waals surface area contributed by atoms with E-state index in [-0.39, 0.29) is 29.8 Å². The minimum Gasteiger partial charge on any atom is -0.390 e. The standard InChI is InChI=1S/C19H23NO3/c1-4-19-14-12-8-11(16(21)17(12)23-19)13(14)18(22)20(19)15-9(2)6-5-7-10(15)3/h5-7,11-14,16-17,21H,4,8H2,1-3H3. The second-order valence-corrected chi connectivity index (χ2v) is 7.80. The molecule has 4 aliphatic rings. The second kappa shape index (κ2) is 4.17. The third kappa shape index (κ3) is 1.35. The number of nitrogens with zero attached hydrogens (tertiary/aromatic N) is 1. The first-order chi connectivity index (χ1) is 11.0. The number of carbonyl (C=O) groups excluding carboxylic acids is 1. The highest BCUT2D eigenvalue weighted by molar-refractivity contribution is 6.01. The van der Waals surface area contributed by atoms with Crippen LogP contribution in [-0.2, 0) is 9.53 Å². The van der Waals surface area contributed by atoms with Crippen LogP contribution in [0.2, 0.25) is 0 Å². The Morgan fingerprint density at radius 3 is 2.65 bits per heavy atom. The van der Waals surface area contributed by atoms with Crippen molar-refractivity contribution in [1.82, 2.24) is 0 Å². The van der Waals surface area contributed by atoms with Crippen molar-refractivity contribution >= 4 is 11.6 Å². The van der Waals surface area contributed by atoms with Crippen molar-refractivity contribution in [1.29, 1.82) is 0 Å². The lowest BCUT2D eigenvalue weighted by atomic mass is 9.76. The van der Waals surface area contributed by atoms with Crippen LogP contribution in [-0.4, -0.2) is 28.9 Å². The van der Waals surface area contributed by atoms with E-state index >= 15 is 0 Å². The molecule has 0 aromatic heterocycles. The van der Waals surface area contributed by atoms with Crippen LogP contribution in [0, 0.1) is 37.5 Å². The molecule has 7 unspecified atom stereocenters. The quantitative estimate of drug-likeness (QED) is 0.912. The molecule has 1 N–H and O–H groups in total. The number of fused-ring (bicyclic) bond motifs is 2. The zero-order valence-electron chi connectivity index (χ0n) is 13.8. The molecule has 7 atom stereocenters. The largest absolute Gasteiger partial charge is 0.390 e. The van der Waals surface area contributed by atoms with Gasteiger partial charge in [-0.1, -0.05) is 25.1 Å². The van der Waals surface area contributed by atoms with E-state index < -0.39 is 11.8 Å². The van der Waals surface area contributed by atoms with Gasteiger partial charge >= 0.3 is 0 Å². The number of anilines is 1. The summed E-state index contributed by atoms with van der Waals surface area (Å²) in [6, 6.07) is 6.16. The maximum Gasteiger partial charge on any atom is 0.233 e. The van der Waals surface area contributed by atoms with E-state index in [1.807, 2.05) is 11.0 Å². The van der Waals surface area contributed by atoms with Crippen LogP contribution < -0.4 is 4.90 Å². The van der Waals surface area contributed by atoms with E-state index in [1.165, 1.54) is 0 Å². The van der Waals surface area contributed by atoms with Crippen LogP contribution in [0.4, 0.5) is 5.69 Å². The van der Waals surface area contributed by atoms with Crippen LogP contribution in [0.5, 0.6) is 0 Å². The molecule has 4 nitrogen and oxygen atoms in total. The molecular formula is C19H23NO3. The molecule has 2 saturated carbocycles. The van der Waals surface area contributed by atoms with Crippen LogP contribution >= 0.6 is 0 Å². The number of para-hydroxylation sites is 1. The topological polar surface area (TPSA) is 49.8 Å². The molecule has 23 heavy (non-hydrogen) atoms. The first-order valence-electron chi connectivity index (χ1n) is 8.77. The maximum absolute atomic E-state index is 13.4. The zero-order valence-corrected chi connectivity index (χ0v) is 13.8. The van der Waals surface area contributed by atoms with Crippen LogP contribution in [0.15, 0.2) is 18.2 Å². The molecule has 1 aromatic rings. The molecule has 122 valence electrons. The highest BCUT2D eigenvalue weighted by Crippen LogP contribution is 2.68. The number of rotatable bonds is 2. The van der Waals surface area contributed by atoms with Crippen molar-refractivity contribution < 1.29 is 14.6 Å². The Kier molecular flexibility index (Phi) is 2.54. The fourth-order valence-electron chi connectivity index (χ4n) is 6.22. The van der Waals surface area contributed by atoms with Gasteiger partial charge in [0.2, 0.25) is 5.91 Å². The Morgan fingerprint density at radius 1 is 1.30 bits per heavy atom. The summed E-state index contributed by atoms with van der Waals surface area (Å²) >= 11 is 0. The fourth-order valence-corrected chi connectivity index (χ4v) is 6.22. The minimum absolute atomic E-state index is 0.0623.